The second-order valence-corrected chi connectivity index (χ2v) is 9.15. The molecule has 28 heavy (non-hydrogen) atoms. The summed E-state index contributed by atoms with van der Waals surface area (Å²) in [6.45, 7) is 11.7. The summed E-state index contributed by atoms with van der Waals surface area (Å²) in [7, 11) is 0. The molecule has 3 aromatic heterocycles. The van der Waals surface area contributed by atoms with E-state index in [1.165, 1.54) is 34.4 Å². The number of aryl methyl sites for hydroxylation is 4. The van der Waals surface area contributed by atoms with Crippen LogP contribution in [0.1, 0.15) is 40.2 Å². The molecule has 4 aromatic rings. The van der Waals surface area contributed by atoms with Crippen molar-refractivity contribution >= 4 is 32.6 Å². The first kappa shape index (κ1) is 17.8. The van der Waals surface area contributed by atoms with E-state index in [0.29, 0.717) is 0 Å². The van der Waals surface area contributed by atoms with Crippen LogP contribution in [-0.2, 0) is 6.54 Å². The van der Waals surface area contributed by atoms with E-state index < -0.39 is 0 Å². The minimum atomic E-state index is 0.823. The molecule has 1 aliphatic rings. The largest absolute Gasteiger partial charge is 0.296 e. The van der Waals surface area contributed by atoms with Gasteiger partial charge >= 0.3 is 0 Å². The Bertz CT molecular complexity index is 1200. The lowest BCUT2D eigenvalue weighted by Gasteiger charge is -2.15. The van der Waals surface area contributed by atoms with Crippen molar-refractivity contribution in [1.82, 2.24) is 24.4 Å². The van der Waals surface area contributed by atoms with E-state index in [0.717, 1.165) is 52.5 Å². The Morgan fingerprint density at radius 3 is 2.54 bits per heavy atom. The van der Waals surface area contributed by atoms with Crippen LogP contribution in [0, 0.1) is 27.7 Å². The zero-order valence-corrected chi connectivity index (χ0v) is 17.7. The number of hydrogen-bond acceptors (Lipinski definition) is 5. The Kier molecular flexibility index (Phi) is 4.21. The van der Waals surface area contributed by atoms with Crippen LogP contribution in [0.25, 0.3) is 27.1 Å². The molecule has 0 unspecified atom stereocenters. The predicted octanol–water partition coefficient (Wildman–Crippen LogP) is 4.86. The average molecular weight is 392 g/mol. The van der Waals surface area contributed by atoms with Crippen LogP contribution in [0.5, 0.6) is 0 Å². The second kappa shape index (κ2) is 6.64. The number of fused-ring (bicyclic) bond motifs is 2. The number of hydrogen-bond donors (Lipinski definition) is 0. The SMILES string of the molecule is Cc1cc2ncn(-c3nc(CN4CCCC4)nc4sc(C)c(C)c34)c2cc1C. The first-order valence-electron chi connectivity index (χ1n) is 9.95. The second-order valence-electron chi connectivity index (χ2n) is 7.95. The van der Waals surface area contributed by atoms with Crippen molar-refractivity contribution in [3.63, 3.8) is 0 Å². The molecule has 0 atom stereocenters. The van der Waals surface area contributed by atoms with Crippen molar-refractivity contribution in [2.24, 2.45) is 0 Å². The molecule has 0 amide bonds. The fraction of sp³-hybridized carbons (Fsp3) is 0.409. The Hall–Kier alpha value is -2.31. The van der Waals surface area contributed by atoms with Gasteiger partial charge in [0.2, 0.25) is 0 Å². The maximum absolute atomic E-state index is 5.06. The quantitative estimate of drug-likeness (QED) is 0.500. The molecule has 0 radical (unpaired) electrons. The van der Waals surface area contributed by atoms with Crippen LogP contribution in [0.15, 0.2) is 18.5 Å². The van der Waals surface area contributed by atoms with Gasteiger partial charge in [0.1, 0.15) is 17.0 Å². The van der Waals surface area contributed by atoms with Gasteiger partial charge in [-0.05, 0) is 82.4 Å². The molecule has 144 valence electrons. The third kappa shape index (κ3) is 2.83. The van der Waals surface area contributed by atoms with Crippen LogP contribution in [0.4, 0.5) is 0 Å². The van der Waals surface area contributed by atoms with E-state index in [4.69, 9.17) is 9.97 Å². The van der Waals surface area contributed by atoms with E-state index in [-0.39, 0.29) is 0 Å². The number of thiophene rings is 1. The molecule has 6 heteroatoms. The van der Waals surface area contributed by atoms with Crippen LogP contribution in [0.2, 0.25) is 0 Å². The lowest BCUT2D eigenvalue weighted by molar-refractivity contribution is 0.323. The first-order valence-corrected chi connectivity index (χ1v) is 10.8. The average Bonchev–Trinajstić information content (AvgIpc) is 3.36. The van der Waals surface area contributed by atoms with E-state index in [1.807, 2.05) is 6.33 Å². The van der Waals surface area contributed by atoms with Crippen molar-refractivity contribution in [1.29, 1.82) is 0 Å². The molecule has 0 N–H and O–H groups in total. The molecule has 0 bridgehead atoms. The number of likely N-dealkylation sites (tertiary alicyclic amines) is 1. The van der Waals surface area contributed by atoms with E-state index in [2.05, 4.69) is 54.3 Å². The highest BCUT2D eigenvalue weighted by molar-refractivity contribution is 7.18. The molecule has 4 heterocycles. The number of rotatable bonds is 3. The fourth-order valence-corrected chi connectivity index (χ4v) is 5.13. The van der Waals surface area contributed by atoms with Gasteiger partial charge in [-0.15, -0.1) is 11.3 Å². The third-order valence-corrected chi connectivity index (χ3v) is 7.11. The lowest BCUT2D eigenvalue weighted by Crippen LogP contribution is -2.20. The standard InChI is InChI=1S/C22H25N5S/c1-13-9-17-18(10-14(13)2)27(12-23-17)21-20-15(3)16(4)28-22(20)25-19(24-21)11-26-7-5-6-8-26/h9-10,12H,5-8,11H2,1-4H3. The van der Waals surface area contributed by atoms with Crippen molar-refractivity contribution < 1.29 is 0 Å². The van der Waals surface area contributed by atoms with Crippen molar-refractivity contribution in [2.75, 3.05) is 13.1 Å². The van der Waals surface area contributed by atoms with Gasteiger partial charge in [-0.2, -0.15) is 0 Å². The van der Waals surface area contributed by atoms with Crippen molar-refractivity contribution in [3.05, 3.63) is 45.9 Å². The fourth-order valence-electron chi connectivity index (χ4n) is 4.09. The summed E-state index contributed by atoms with van der Waals surface area (Å²) in [4.78, 5) is 19.5. The van der Waals surface area contributed by atoms with Crippen LogP contribution in [0.3, 0.4) is 0 Å². The Morgan fingerprint density at radius 1 is 1.00 bits per heavy atom. The van der Waals surface area contributed by atoms with Gasteiger partial charge in [0.15, 0.2) is 5.82 Å². The summed E-state index contributed by atoms with van der Waals surface area (Å²) >= 11 is 1.77. The summed E-state index contributed by atoms with van der Waals surface area (Å²) in [6.07, 6.45) is 4.46. The molecule has 5 nitrogen and oxygen atoms in total. The Labute approximate surface area is 169 Å². The number of nitrogens with zero attached hydrogens (tertiary/aromatic N) is 5. The van der Waals surface area contributed by atoms with Gasteiger partial charge in [-0.25, -0.2) is 15.0 Å². The van der Waals surface area contributed by atoms with E-state index >= 15 is 0 Å². The zero-order valence-electron chi connectivity index (χ0n) is 16.9. The van der Waals surface area contributed by atoms with E-state index in [9.17, 15) is 0 Å². The first-order chi connectivity index (χ1) is 13.5. The molecule has 0 spiro atoms. The van der Waals surface area contributed by atoms with Crippen LogP contribution < -0.4 is 0 Å². The summed E-state index contributed by atoms with van der Waals surface area (Å²) in [5.41, 5.74) is 5.94. The predicted molar refractivity (Wildman–Crippen MR) is 116 cm³/mol. The highest BCUT2D eigenvalue weighted by atomic mass is 32.1. The van der Waals surface area contributed by atoms with Gasteiger partial charge in [0.05, 0.1) is 23.0 Å². The minimum absolute atomic E-state index is 0.823. The minimum Gasteiger partial charge on any atom is -0.296 e. The molecular formula is C22H25N5S. The number of imidazole rings is 1. The van der Waals surface area contributed by atoms with Gasteiger partial charge in [0.25, 0.3) is 0 Å². The summed E-state index contributed by atoms with van der Waals surface area (Å²) in [5, 5.41) is 1.16. The van der Waals surface area contributed by atoms with Crippen LogP contribution in [-0.4, -0.2) is 37.5 Å². The molecule has 0 saturated carbocycles. The van der Waals surface area contributed by atoms with Gasteiger partial charge < -0.3 is 0 Å². The zero-order chi connectivity index (χ0) is 19.4. The Balaban J connectivity index is 1.74. The van der Waals surface area contributed by atoms with Gasteiger partial charge in [0, 0.05) is 4.88 Å². The molecule has 1 saturated heterocycles. The highest BCUT2D eigenvalue weighted by Crippen LogP contribution is 2.34. The molecule has 0 aliphatic carbocycles. The number of benzene rings is 1. The summed E-state index contributed by atoms with van der Waals surface area (Å²) < 4.78 is 2.15. The molecule has 1 fully saturated rings. The molecule has 5 rings (SSSR count). The van der Waals surface area contributed by atoms with Gasteiger partial charge in [-0.1, -0.05) is 0 Å². The van der Waals surface area contributed by atoms with Gasteiger partial charge in [-0.3, -0.25) is 9.47 Å². The lowest BCUT2D eigenvalue weighted by atomic mass is 10.1. The summed E-state index contributed by atoms with van der Waals surface area (Å²) in [5.74, 6) is 1.88. The molecule has 1 aromatic carbocycles. The normalized spacial score (nSPS) is 15.3. The topological polar surface area (TPSA) is 46.8 Å². The number of aromatic nitrogens is 4. The molecule has 1 aliphatic heterocycles. The van der Waals surface area contributed by atoms with Crippen molar-refractivity contribution in [2.45, 2.75) is 47.1 Å². The summed E-state index contributed by atoms with van der Waals surface area (Å²) in [6, 6.07) is 4.39. The Morgan fingerprint density at radius 2 is 1.75 bits per heavy atom. The maximum Gasteiger partial charge on any atom is 0.151 e. The molecular weight excluding hydrogens is 366 g/mol. The van der Waals surface area contributed by atoms with Crippen molar-refractivity contribution in [3.8, 4) is 5.82 Å². The monoisotopic (exact) mass is 391 g/mol. The highest BCUT2D eigenvalue weighted by Gasteiger charge is 2.20. The maximum atomic E-state index is 5.06. The third-order valence-electron chi connectivity index (χ3n) is 6.01. The van der Waals surface area contributed by atoms with E-state index in [1.54, 1.807) is 11.3 Å². The smallest absolute Gasteiger partial charge is 0.151 e. The van der Waals surface area contributed by atoms with Crippen LogP contribution >= 0.6 is 11.3 Å².